The van der Waals surface area contributed by atoms with Crippen molar-refractivity contribution in [1.82, 2.24) is 0 Å². The fourth-order valence-electron chi connectivity index (χ4n) is 0.642. The Morgan fingerprint density at radius 3 is 1.50 bits per heavy atom. The number of carbonyl (C=O) groups excluding carboxylic acids is 1. The van der Waals surface area contributed by atoms with E-state index in [4.69, 9.17) is 16.3 Å². The highest BCUT2D eigenvalue weighted by Crippen LogP contribution is 1.95. The molecule has 0 unspecified atom stereocenters. The van der Waals surface area contributed by atoms with Crippen LogP contribution in [-0.4, -0.2) is 19.4 Å². The number of aldehydes is 1. The summed E-state index contributed by atoms with van der Waals surface area (Å²) in [5.41, 5.74) is 10.6. The van der Waals surface area contributed by atoms with Crippen LogP contribution >= 0.6 is 0 Å². The largest absolute Gasteiger partial charge is 0.330 e. The van der Waals surface area contributed by atoms with Crippen LogP contribution in [-0.2, 0) is 4.79 Å². The first-order valence-corrected chi connectivity index (χ1v) is 4.29. The van der Waals surface area contributed by atoms with Gasteiger partial charge in [-0.3, -0.25) is 4.79 Å². The van der Waals surface area contributed by atoms with Crippen LogP contribution in [0.2, 0.25) is 0 Å². The number of allylic oxidation sites excluding steroid dienone is 1. The molecule has 0 bridgehead atoms. The van der Waals surface area contributed by atoms with E-state index in [1.54, 1.807) is 0 Å². The van der Waals surface area contributed by atoms with Crippen LogP contribution < -0.4 is 11.5 Å². The predicted octanol–water partition coefficient (Wildman–Crippen LogP) is 0.835. The molecule has 0 aliphatic rings. The van der Waals surface area contributed by atoms with Gasteiger partial charge in [-0.15, -0.1) is 0 Å². The van der Waals surface area contributed by atoms with Crippen molar-refractivity contribution in [2.24, 2.45) is 11.5 Å². The van der Waals surface area contributed by atoms with Crippen molar-refractivity contribution in [3.05, 3.63) is 12.7 Å². The van der Waals surface area contributed by atoms with Crippen LogP contribution in [0.25, 0.3) is 0 Å². The second-order valence-corrected chi connectivity index (χ2v) is 2.36. The van der Waals surface area contributed by atoms with Crippen molar-refractivity contribution >= 4 is 6.29 Å². The summed E-state index contributed by atoms with van der Waals surface area (Å²) in [5, 5.41) is 0. The zero-order valence-corrected chi connectivity index (χ0v) is 7.67. The van der Waals surface area contributed by atoms with Crippen LogP contribution in [0.15, 0.2) is 12.7 Å². The van der Waals surface area contributed by atoms with Gasteiger partial charge in [0.1, 0.15) is 6.29 Å². The summed E-state index contributed by atoms with van der Waals surface area (Å²) in [7, 11) is 0. The Balaban J connectivity index is 0. The molecule has 0 aliphatic carbocycles. The summed E-state index contributed by atoms with van der Waals surface area (Å²) in [6.07, 6.45) is 6.63. The van der Waals surface area contributed by atoms with Crippen molar-refractivity contribution in [3.63, 3.8) is 0 Å². The zero-order chi connectivity index (χ0) is 9.66. The van der Waals surface area contributed by atoms with E-state index in [9.17, 15) is 0 Å². The van der Waals surface area contributed by atoms with Gasteiger partial charge in [0, 0.05) is 0 Å². The molecule has 0 fully saturated rings. The summed E-state index contributed by atoms with van der Waals surface area (Å²) in [6, 6.07) is 0. The van der Waals surface area contributed by atoms with E-state index in [0.717, 1.165) is 25.9 Å². The highest BCUT2D eigenvalue weighted by atomic mass is 16.1. The topological polar surface area (TPSA) is 69.1 Å². The molecule has 0 atom stereocenters. The van der Waals surface area contributed by atoms with E-state index in [2.05, 4.69) is 6.58 Å². The summed E-state index contributed by atoms with van der Waals surface area (Å²) in [6.45, 7) is 4.76. The highest BCUT2D eigenvalue weighted by molar-refractivity contribution is 5.63. The minimum absolute atomic E-state index is 0.639. The molecular weight excluding hydrogens is 152 g/mol. The molecule has 0 aromatic heterocycles. The Labute approximate surface area is 74.8 Å². The second-order valence-electron chi connectivity index (χ2n) is 2.36. The SMILES string of the molecule is C=CC=O.NCCCCCCN. The number of rotatable bonds is 6. The van der Waals surface area contributed by atoms with Crippen molar-refractivity contribution in [2.75, 3.05) is 13.1 Å². The Kier molecular flexibility index (Phi) is 19.4. The lowest BCUT2D eigenvalue weighted by atomic mass is 10.2. The van der Waals surface area contributed by atoms with E-state index in [0.29, 0.717) is 6.29 Å². The Bertz CT molecular complexity index is 82.5. The molecule has 0 aromatic rings. The summed E-state index contributed by atoms with van der Waals surface area (Å²) >= 11 is 0. The van der Waals surface area contributed by atoms with Crippen molar-refractivity contribution < 1.29 is 4.79 Å². The number of nitrogens with two attached hydrogens (primary N) is 2. The van der Waals surface area contributed by atoms with E-state index >= 15 is 0 Å². The van der Waals surface area contributed by atoms with Gasteiger partial charge in [-0.2, -0.15) is 0 Å². The fraction of sp³-hybridized carbons (Fsp3) is 0.667. The standard InChI is InChI=1S/C6H16N2.C3H4O/c7-5-3-1-2-4-6-8;1-2-3-4/h1-8H2;2-3H,1H2. The van der Waals surface area contributed by atoms with Gasteiger partial charge in [0.15, 0.2) is 0 Å². The summed E-state index contributed by atoms with van der Waals surface area (Å²) in [4.78, 5) is 9.06. The maximum atomic E-state index is 9.06. The third-order valence-corrected chi connectivity index (χ3v) is 1.25. The molecule has 0 saturated carbocycles. The maximum absolute atomic E-state index is 9.06. The van der Waals surface area contributed by atoms with Gasteiger partial charge in [0.05, 0.1) is 0 Å². The number of carbonyl (C=O) groups is 1. The minimum atomic E-state index is 0.639. The second kappa shape index (κ2) is 16.7. The molecule has 3 nitrogen and oxygen atoms in total. The molecule has 0 saturated heterocycles. The van der Waals surface area contributed by atoms with Crippen LogP contribution in [0, 0.1) is 0 Å². The van der Waals surface area contributed by atoms with E-state index in [1.165, 1.54) is 18.9 Å². The van der Waals surface area contributed by atoms with E-state index < -0.39 is 0 Å². The Hall–Kier alpha value is -0.670. The molecule has 3 heteroatoms. The third kappa shape index (κ3) is 22.8. The van der Waals surface area contributed by atoms with Gasteiger partial charge in [0.2, 0.25) is 0 Å². The van der Waals surface area contributed by atoms with Crippen LogP contribution in [0.1, 0.15) is 25.7 Å². The van der Waals surface area contributed by atoms with Crippen LogP contribution in [0.4, 0.5) is 0 Å². The monoisotopic (exact) mass is 172 g/mol. The average Bonchev–Trinajstić information content (AvgIpc) is 2.13. The third-order valence-electron chi connectivity index (χ3n) is 1.25. The van der Waals surface area contributed by atoms with Crippen LogP contribution in [0.5, 0.6) is 0 Å². The molecule has 0 aromatic carbocycles. The quantitative estimate of drug-likeness (QED) is 0.354. The van der Waals surface area contributed by atoms with Crippen LogP contribution in [0.3, 0.4) is 0 Å². The van der Waals surface area contributed by atoms with Gasteiger partial charge in [-0.1, -0.05) is 19.4 Å². The zero-order valence-electron chi connectivity index (χ0n) is 7.67. The molecule has 12 heavy (non-hydrogen) atoms. The first-order valence-electron chi connectivity index (χ1n) is 4.29. The molecule has 72 valence electrons. The van der Waals surface area contributed by atoms with Gasteiger partial charge in [-0.25, -0.2) is 0 Å². The molecule has 0 amide bonds. The molecule has 4 N–H and O–H groups in total. The molecule has 0 heterocycles. The predicted molar refractivity (Wildman–Crippen MR) is 52.8 cm³/mol. The van der Waals surface area contributed by atoms with Crippen molar-refractivity contribution in [3.8, 4) is 0 Å². The molecule has 0 aliphatic heterocycles. The maximum Gasteiger partial charge on any atom is 0.142 e. The smallest absolute Gasteiger partial charge is 0.142 e. The molecular formula is C9H20N2O. The normalized spacial score (nSPS) is 8.17. The fourth-order valence-corrected chi connectivity index (χ4v) is 0.642. The minimum Gasteiger partial charge on any atom is -0.330 e. The lowest BCUT2D eigenvalue weighted by Crippen LogP contribution is -2.00. The van der Waals surface area contributed by atoms with Crippen molar-refractivity contribution in [2.45, 2.75) is 25.7 Å². The molecule has 0 radical (unpaired) electrons. The van der Waals surface area contributed by atoms with Gasteiger partial charge >= 0.3 is 0 Å². The Morgan fingerprint density at radius 2 is 1.33 bits per heavy atom. The van der Waals surface area contributed by atoms with Crippen molar-refractivity contribution in [1.29, 1.82) is 0 Å². The lowest BCUT2D eigenvalue weighted by molar-refractivity contribution is -0.104. The molecule has 0 rings (SSSR count). The average molecular weight is 172 g/mol. The highest BCUT2D eigenvalue weighted by Gasteiger charge is 1.83. The van der Waals surface area contributed by atoms with E-state index in [1.807, 2.05) is 0 Å². The Morgan fingerprint density at radius 1 is 1.00 bits per heavy atom. The number of hydrogen-bond acceptors (Lipinski definition) is 3. The van der Waals surface area contributed by atoms with Gasteiger partial charge in [0.25, 0.3) is 0 Å². The summed E-state index contributed by atoms with van der Waals surface area (Å²) < 4.78 is 0. The first kappa shape index (κ1) is 13.9. The lowest BCUT2D eigenvalue weighted by Gasteiger charge is -1.94. The summed E-state index contributed by atoms with van der Waals surface area (Å²) in [5.74, 6) is 0. The molecule has 0 spiro atoms. The van der Waals surface area contributed by atoms with E-state index in [-0.39, 0.29) is 0 Å². The number of hydrogen-bond donors (Lipinski definition) is 2. The first-order chi connectivity index (χ1) is 5.83. The number of unbranched alkanes of at least 4 members (excludes halogenated alkanes) is 3. The van der Waals surface area contributed by atoms with Gasteiger partial charge < -0.3 is 11.5 Å². The van der Waals surface area contributed by atoms with Gasteiger partial charge in [-0.05, 0) is 32.0 Å².